The van der Waals surface area contributed by atoms with Gasteiger partial charge in [-0.25, -0.2) is 17.2 Å². The fraction of sp³-hybridized carbons (Fsp3) is 0. The van der Waals surface area contributed by atoms with E-state index in [-0.39, 0.29) is 22.3 Å². The van der Waals surface area contributed by atoms with E-state index in [1.807, 2.05) is 0 Å². The number of para-hydroxylation sites is 2. The lowest BCUT2D eigenvalue weighted by atomic mass is 10.0. The Hall–Kier alpha value is -4.51. The SMILES string of the molecule is O=[N+]([O-])c1ccccc1-c1cc(S(=O)(=O)c2ccc(F)c(-c3ccccc3[N+](=O)[O-])c2)ccc1F. The van der Waals surface area contributed by atoms with Crippen LogP contribution in [0.2, 0.25) is 0 Å². The molecule has 0 fully saturated rings. The lowest BCUT2D eigenvalue weighted by Crippen LogP contribution is -2.04. The molecule has 0 atom stereocenters. The predicted molar refractivity (Wildman–Crippen MR) is 122 cm³/mol. The van der Waals surface area contributed by atoms with Gasteiger partial charge in [0.25, 0.3) is 11.4 Å². The second-order valence-electron chi connectivity index (χ2n) is 7.34. The van der Waals surface area contributed by atoms with Crippen LogP contribution in [0.1, 0.15) is 0 Å². The molecule has 0 aliphatic rings. The maximum atomic E-state index is 14.6. The van der Waals surface area contributed by atoms with Crippen LogP contribution in [0.5, 0.6) is 0 Å². The third-order valence-electron chi connectivity index (χ3n) is 5.28. The Morgan fingerprint density at radius 2 is 0.943 bits per heavy atom. The van der Waals surface area contributed by atoms with Crippen molar-refractivity contribution in [2.45, 2.75) is 9.79 Å². The highest BCUT2D eigenvalue weighted by molar-refractivity contribution is 7.91. The highest BCUT2D eigenvalue weighted by atomic mass is 32.2. The highest BCUT2D eigenvalue weighted by Gasteiger charge is 2.25. The number of hydrogen-bond donors (Lipinski definition) is 0. The molecule has 176 valence electrons. The van der Waals surface area contributed by atoms with Crippen LogP contribution in [0.3, 0.4) is 0 Å². The van der Waals surface area contributed by atoms with Gasteiger partial charge in [-0.15, -0.1) is 0 Å². The molecule has 8 nitrogen and oxygen atoms in total. The molecule has 0 saturated carbocycles. The molecule has 4 aromatic rings. The van der Waals surface area contributed by atoms with Crippen molar-refractivity contribution in [1.82, 2.24) is 0 Å². The second-order valence-corrected chi connectivity index (χ2v) is 9.28. The molecule has 0 saturated heterocycles. The first kappa shape index (κ1) is 23.6. The molecule has 0 aliphatic carbocycles. The summed E-state index contributed by atoms with van der Waals surface area (Å²) in [6.07, 6.45) is 0. The van der Waals surface area contributed by atoms with Crippen LogP contribution in [0.25, 0.3) is 22.3 Å². The molecule has 4 aromatic carbocycles. The Morgan fingerprint density at radius 1 is 0.571 bits per heavy atom. The van der Waals surface area contributed by atoms with E-state index in [2.05, 4.69) is 0 Å². The van der Waals surface area contributed by atoms with E-state index >= 15 is 0 Å². The second kappa shape index (κ2) is 9.03. The van der Waals surface area contributed by atoms with E-state index in [9.17, 15) is 37.4 Å². The summed E-state index contributed by atoms with van der Waals surface area (Å²) in [4.78, 5) is 20.5. The standard InChI is InChI=1S/C24H14F2N2O6S/c25-21-11-9-15(13-19(21)17-5-1-3-7-23(17)27(29)30)35(33,34)16-10-12-22(26)20(14-16)18-6-2-4-8-24(18)28(31)32/h1-14H. The largest absolute Gasteiger partial charge is 0.277 e. The normalized spacial score (nSPS) is 11.3. The van der Waals surface area contributed by atoms with Crippen molar-refractivity contribution >= 4 is 21.2 Å². The van der Waals surface area contributed by atoms with Gasteiger partial charge in [0, 0.05) is 23.3 Å². The molecule has 0 spiro atoms. The van der Waals surface area contributed by atoms with Crippen LogP contribution in [-0.2, 0) is 9.84 Å². The summed E-state index contributed by atoms with van der Waals surface area (Å²) < 4.78 is 55.9. The van der Waals surface area contributed by atoms with Gasteiger partial charge in [0.05, 0.1) is 30.8 Å². The van der Waals surface area contributed by atoms with Crippen LogP contribution in [-0.4, -0.2) is 18.3 Å². The molecular weight excluding hydrogens is 482 g/mol. The number of rotatable bonds is 6. The van der Waals surface area contributed by atoms with Crippen molar-refractivity contribution in [2.24, 2.45) is 0 Å². The average Bonchev–Trinajstić information content (AvgIpc) is 2.84. The summed E-state index contributed by atoms with van der Waals surface area (Å²) in [7, 11) is -4.37. The van der Waals surface area contributed by atoms with Gasteiger partial charge in [-0.05, 0) is 48.5 Å². The van der Waals surface area contributed by atoms with Crippen molar-refractivity contribution in [1.29, 1.82) is 0 Å². The summed E-state index contributed by atoms with van der Waals surface area (Å²) in [6.45, 7) is 0. The van der Waals surface area contributed by atoms with Gasteiger partial charge in [0.1, 0.15) is 11.6 Å². The van der Waals surface area contributed by atoms with Crippen molar-refractivity contribution in [3.8, 4) is 22.3 Å². The Labute approximate surface area is 197 Å². The molecule has 0 heterocycles. The summed E-state index contributed by atoms with van der Waals surface area (Å²) in [6, 6.07) is 16.2. The summed E-state index contributed by atoms with van der Waals surface area (Å²) in [5.74, 6) is -1.75. The number of nitro groups is 2. The lowest BCUT2D eigenvalue weighted by molar-refractivity contribution is -0.384. The smallest absolute Gasteiger partial charge is 0.258 e. The van der Waals surface area contributed by atoms with Gasteiger partial charge in [-0.2, -0.15) is 0 Å². The zero-order valence-corrected chi connectivity index (χ0v) is 18.4. The molecule has 0 aliphatic heterocycles. The van der Waals surface area contributed by atoms with Gasteiger partial charge in [0.2, 0.25) is 9.84 Å². The average molecular weight is 496 g/mol. The maximum Gasteiger partial charge on any atom is 0.277 e. The number of nitro benzene ring substituents is 2. The van der Waals surface area contributed by atoms with Crippen LogP contribution < -0.4 is 0 Å². The Kier molecular flexibility index (Phi) is 6.10. The van der Waals surface area contributed by atoms with E-state index in [0.717, 1.165) is 48.5 Å². The summed E-state index contributed by atoms with van der Waals surface area (Å²) in [5.41, 5.74) is -1.68. The third kappa shape index (κ3) is 4.36. The first-order valence-corrected chi connectivity index (χ1v) is 11.4. The Balaban J connectivity index is 1.87. The van der Waals surface area contributed by atoms with Gasteiger partial charge >= 0.3 is 0 Å². The minimum atomic E-state index is -4.37. The first-order valence-electron chi connectivity index (χ1n) is 9.93. The summed E-state index contributed by atoms with van der Waals surface area (Å²) >= 11 is 0. The van der Waals surface area contributed by atoms with E-state index in [4.69, 9.17) is 0 Å². The zero-order chi connectivity index (χ0) is 25.3. The number of halogens is 2. The van der Waals surface area contributed by atoms with Gasteiger partial charge in [0.15, 0.2) is 0 Å². The Morgan fingerprint density at radius 3 is 1.31 bits per heavy atom. The van der Waals surface area contributed by atoms with Gasteiger partial charge in [-0.3, -0.25) is 20.2 Å². The molecule has 0 N–H and O–H groups in total. The minimum Gasteiger partial charge on any atom is -0.258 e. The first-order chi connectivity index (χ1) is 16.6. The molecular formula is C24H14F2N2O6S. The van der Waals surface area contributed by atoms with Gasteiger partial charge in [-0.1, -0.05) is 24.3 Å². The predicted octanol–water partition coefficient (Wildman–Crippen LogP) is 5.95. The molecule has 11 heteroatoms. The molecule has 0 aromatic heterocycles. The topological polar surface area (TPSA) is 120 Å². The van der Waals surface area contributed by atoms with E-state index in [1.54, 1.807) is 0 Å². The van der Waals surface area contributed by atoms with Crippen molar-refractivity contribution in [3.05, 3.63) is 117 Å². The summed E-state index contributed by atoms with van der Waals surface area (Å²) in [5, 5.41) is 22.7. The van der Waals surface area contributed by atoms with Crippen LogP contribution in [0, 0.1) is 31.9 Å². The Bertz CT molecular complexity index is 1490. The maximum absolute atomic E-state index is 14.6. The monoisotopic (exact) mass is 496 g/mol. The molecule has 0 radical (unpaired) electrons. The van der Waals surface area contributed by atoms with Crippen LogP contribution in [0.4, 0.5) is 20.2 Å². The van der Waals surface area contributed by atoms with Gasteiger partial charge < -0.3 is 0 Å². The molecule has 0 bridgehead atoms. The zero-order valence-electron chi connectivity index (χ0n) is 17.6. The van der Waals surface area contributed by atoms with Crippen molar-refractivity contribution in [2.75, 3.05) is 0 Å². The fourth-order valence-corrected chi connectivity index (χ4v) is 4.93. The number of benzene rings is 4. The lowest BCUT2D eigenvalue weighted by Gasteiger charge is -2.11. The highest BCUT2D eigenvalue weighted by Crippen LogP contribution is 2.36. The van der Waals surface area contributed by atoms with Crippen molar-refractivity contribution in [3.63, 3.8) is 0 Å². The van der Waals surface area contributed by atoms with Crippen LogP contribution >= 0.6 is 0 Å². The molecule has 4 rings (SSSR count). The number of sulfone groups is 1. The quantitative estimate of drug-likeness (QED) is 0.185. The fourth-order valence-electron chi connectivity index (χ4n) is 3.61. The number of nitrogens with zero attached hydrogens (tertiary/aromatic N) is 2. The van der Waals surface area contributed by atoms with E-state index in [1.165, 1.54) is 36.4 Å². The molecule has 0 amide bonds. The van der Waals surface area contributed by atoms with E-state index in [0.29, 0.717) is 0 Å². The van der Waals surface area contributed by atoms with E-state index < -0.39 is 52.5 Å². The molecule has 0 unspecified atom stereocenters. The third-order valence-corrected chi connectivity index (χ3v) is 7.03. The molecule has 35 heavy (non-hydrogen) atoms. The van der Waals surface area contributed by atoms with Crippen molar-refractivity contribution < 1.29 is 27.0 Å². The minimum absolute atomic E-state index is 0.119. The van der Waals surface area contributed by atoms with Crippen LogP contribution in [0.15, 0.2) is 94.7 Å². The number of hydrogen-bond acceptors (Lipinski definition) is 6.